The highest BCUT2D eigenvalue weighted by molar-refractivity contribution is 14.1. The van der Waals surface area contributed by atoms with Crippen molar-refractivity contribution in [3.63, 3.8) is 0 Å². The lowest BCUT2D eigenvalue weighted by Gasteiger charge is -2.09. The Morgan fingerprint density at radius 3 is 1.75 bits per heavy atom. The molecule has 0 spiro atoms. The number of rotatable bonds is 16. The lowest BCUT2D eigenvalue weighted by atomic mass is 10.1. The molecule has 0 bridgehead atoms. The van der Waals surface area contributed by atoms with E-state index in [1.165, 1.54) is 64.2 Å². The third-order valence-electron chi connectivity index (χ3n) is 4.27. The maximum Gasteiger partial charge on any atom is 0.326 e. The first kappa shape index (κ1) is 23.9. The minimum absolute atomic E-state index is 0.188. The van der Waals surface area contributed by atoms with Crippen LogP contribution >= 0.6 is 22.6 Å². The van der Waals surface area contributed by atoms with Crippen LogP contribution in [0.25, 0.3) is 0 Å². The molecule has 0 rings (SSSR count). The maximum atomic E-state index is 11.9. The van der Waals surface area contributed by atoms with Gasteiger partial charge in [0.1, 0.15) is 3.92 Å². The summed E-state index contributed by atoms with van der Waals surface area (Å²) in [6, 6.07) is 0. The van der Waals surface area contributed by atoms with Crippen molar-refractivity contribution in [1.82, 2.24) is 0 Å². The molecule has 142 valence electrons. The molecule has 0 aromatic rings. The van der Waals surface area contributed by atoms with E-state index in [1.54, 1.807) is 0 Å². The van der Waals surface area contributed by atoms with Crippen LogP contribution in [0.2, 0.25) is 0 Å². The summed E-state index contributed by atoms with van der Waals surface area (Å²) in [5.74, 6) is -0.699. The zero-order valence-electron chi connectivity index (χ0n) is 15.8. The molecule has 1 unspecified atom stereocenters. The minimum Gasteiger partial charge on any atom is -0.392 e. The fraction of sp³-hybridized carbons (Fsp3) is 0.900. The van der Waals surface area contributed by atoms with Crippen molar-refractivity contribution in [2.45, 2.75) is 114 Å². The van der Waals surface area contributed by atoms with Crippen LogP contribution in [0.3, 0.4) is 0 Å². The topological polar surface area (TPSA) is 43.4 Å². The molecule has 0 aromatic heterocycles. The molecule has 0 amide bonds. The molecule has 0 radical (unpaired) electrons. The van der Waals surface area contributed by atoms with Gasteiger partial charge in [-0.05, 0) is 12.8 Å². The highest BCUT2D eigenvalue weighted by Crippen LogP contribution is 2.16. The van der Waals surface area contributed by atoms with Crippen molar-refractivity contribution in [1.29, 1.82) is 0 Å². The molecule has 0 aliphatic rings. The van der Waals surface area contributed by atoms with E-state index in [2.05, 4.69) is 36.4 Å². The third kappa shape index (κ3) is 15.4. The molecule has 0 aliphatic heterocycles. The van der Waals surface area contributed by atoms with E-state index in [1.807, 2.05) is 0 Å². The molecule has 0 saturated heterocycles. The average Bonchev–Trinajstić information content (AvgIpc) is 2.56. The second-order valence-corrected chi connectivity index (χ2v) is 8.19. The van der Waals surface area contributed by atoms with Crippen LogP contribution in [0.4, 0.5) is 0 Å². The van der Waals surface area contributed by atoms with E-state index in [0.717, 1.165) is 25.7 Å². The van der Waals surface area contributed by atoms with Crippen molar-refractivity contribution in [2.24, 2.45) is 0 Å². The van der Waals surface area contributed by atoms with E-state index in [9.17, 15) is 9.59 Å². The van der Waals surface area contributed by atoms with Crippen molar-refractivity contribution in [2.75, 3.05) is 0 Å². The van der Waals surface area contributed by atoms with Gasteiger partial charge in [0.05, 0.1) is 0 Å². The van der Waals surface area contributed by atoms with Gasteiger partial charge in [-0.2, -0.15) is 0 Å². The van der Waals surface area contributed by atoms with E-state index in [4.69, 9.17) is 4.74 Å². The Kier molecular flexibility index (Phi) is 17.6. The number of unbranched alkanes of at least 4 members (excludes halogenated alkanes) is 11. The van der Waals surface area contributed by atoms with Crippen LogP contribution in [-0.2, 0) is 14.3 Å². The van der Waals surface area contributed by atoms with Gasteiger partial charge >= 0.3 is 11.9 Å². The highest BCUT2D eigenvalue weighted by Gasteiger charge is 2.19. The summed E-state index contributed by atoms with van der Waals surface area (Å²) < 4.78 is 4.78. The molecule has 0 saturated carbocycles. The van der Waals surface area contributed by atoms with Gasteiger partial charge in [0, 0.05) is 6.42 Å². The molecular weight excluding hydrogens is 415 g/mol. The Morgan fingerprint density at radius 1 is 0.750 bits per heavy atom. The van der Waals surface area contributed by atoms with E-state index in [-0.39, 0.29) is 15.9 Å². The van der Waals surface area contributed by atoms with Crippen molar-refractivity contribution >= 4 is 34.5 Å². The molecule has 0 aliphatic carbocycles. The summed E-state index contributed by atoms with van der Waals surface area (Å²) in [6.07, 6.45) is 16.6. The number of halogens is 1. The van der Waals surface area contributed by atoms with Crippen molar-refractivity contribution in [3.8, 4) is 0 Å². The molecule has 0 heterocycles. The van der Waals surface area contributed by atoms with Crippen LogP contribution in [0.5, 0.6) is 0 Å². The van der Waals surface area contributed by atoms with Gasteiger partial charge in [-0.1, -0.05) is 113 Å². The number of ether oxygens (including phenoxy) is 1. The van der Waals surface area contributed by atoms with Gasteiger partial charge in [-0.25, -0.2) is 0 Å². The largest absolute Gasteiger partial charge is 0.392 e. The highest BCUT2D eigenvalue weighted by atomic mass is 127. The summed E-state index contributed by atoms with van der Waals surface area (Å²) in [5.41, 5.74) is 0. The zero-order chi connectivity index (χ0) is 18.0. The SMILES string of the molecule is CCCCCCCCCC(=O)OC(=O)C(I)CCCCCCCC. The van der Waals surface area contributed by atoms with Gasteiger partial charge in [-0.15, -0.1) is 0 Å². The van der Waals surface area contributed by atoms with Crippen LogP contribution in [0.1, 0.15) is 110 Å². The number of carbonyl (C=O) groups is 2. The van der Waals surface area contributed by atoms with Gasteiger partial charge in [0.25, 0.3) is 0 Å². The summed E-state index contributed by atoms with van der Waals surface area (Å²) in [6.45, 7) is 4.42. The van der Waals surface area contributed by atoms with E-state index < -0.39 is 0 Å². The fourth-order valence-electron chi connectivity index (χ4n) is 2.68. The Labute approximate surface area is 162 Å². The molecule has 0 fully saturated rings. The van der Waals surface area contributed by atoms with Crippen LogP contribution in [-0.4, -0.2) is 15.9 Å². The van der Waals surface area contributed by atoms with E-state index >= 15 is 0 Å². The quantitative estimate of drug-likeness (QED) is 0.0855. The van der Waals surface area contributed by atoms with Gasteiger partial charge in [-0.3, -0.25) is 9.59 Å². The minimum atomic E-state index is -0.350. The Balaban J connectivity index is 3.57. The number of carbonyl (C=O) groups excluding carboxylic acids is 2. The summed E-state index contributed by atoms with van der Waals surface area (Å²) in [4.78, 5) is 23.6. The summed E-state index contributed by atoms with van der Waals surface area (Å²) >= 11 is 2.11. The van der Waals surface area contributed by atoms with Crippen molar-refractivity contribution in [3.05, 3.63) is 0 Å². The fourth-order valence-corrected chi connectivity index (χ4v) is 3.24. The molecule has 24 heavy (non-hydrogen) atoms. The second kappa shape index (κ2) is 17.7. The average molecular weight is 452 g/mol. The Bertz CT molecular complexity index is 318. The monoisotopic (exact) mass is 452 g/mol. The first-order valence-corrected chi connectivity index (χ1v) is 11.2. The molecule has 0 N–H and O–H groups in total. The zero-order valence-corrected chi connectivity index (χ0v) is 17.9. The number of esters is 2. The summed E-state index contributed by atoms with van der Waals surface area (Å²) in [5, 5.41) is 0. The first-order valence-electron chi connectivity index (χ1n) is 10.00. The first-order chi connectivity index (χ1) is 11.6. The lowest BCUT2D eigenvalue weighted by Crippen LogP contribution is -2.21. The van der Waals surface area contributed by atoms with Gasteiger partial charge < -0.3 is 4.74 Å². The van der Waals surface area contributed by atoms with Crippen molar-refractivity contribution < 1.29 is 14.3 Å². The third-order valence-corrected chi connectivity index (χ3v) is 5.40. The van der Waals surface area contributed by atoms with Gasteiger partial charge in [0.15, 0.2) is 0 Å². The maximum absolute atomic E-state index is 11.9. The predicted octanol–water partition coefficient (Wildman–Crippen LogP) is 6.75. The van der Waals surface area contributed by atoms with Crippen LogP contribution in [0.15, 0.2) is 0 Å². The molecule has 3 nitrogen and oxygen atoms in total. The lowest BCUT2D eigenvalue weighted by molar-refractivity contribution is -0.159. The van der Waals surface area contributed by atoms with Crippen LogP contribution < -0.4 is 0 Å². The Morgan fingerprint density at radius 2 is 1.21 bits per heavy atom. The molecule has 0 aromatic carbocycles. The predicted molar refractivity (Wildman–Crippen MR) is 110 cm³/mol. The molecule has 4 heteroatoms. The number of hydrogen-bond donors (Lipinski definition) is 0. The standard InChI is InChI=1S/C20H37IO3/c1-3-5-7-9-11-13-15-17-19(22)24-20(23)18(21)16-14-12-10-8-6-4-2/h18H,3-17H2,1-2H3. The molecule has 1 atom stereocenters. The van der Waals surface area contributed by atoms with E-state index in [0.29, 0.717) is 6.42 Å². The number of alkyl halides is 1. The normalized spacial score (nSPS) is 12.1. The second-order valence-electron chi connectivity index (χ2n) is 6.69. The number of hydrogen-bond acceptors (Lipinski definition) is 3. The smallest absolute Gasteiger partial charge is 0.326 e. The summed E-state index contributed by atoms with van der Waals surface area (Å²) in [7, 11) is 0. The Hall–Kier alpha value is -0.130. The molecular formula is C20H37IO3. The van der Waals surface area contributed by atoms with Gasteiger partial charge in [0.2, 0.25) is 0 Å². The van der Waals surface area contributed by atoms with Crippen LogP contribution in [0, 0.1) is 0 Å².